The Hall–Kier alpha value is -3.60. The van der Waals surface area contributed by atoms with E-state index in [1.807, 2.05) is 42.5 Å². The van der Waals surface area contributed by atoms with E-state index in [-0.39, 0.29) is 11.5 Å². The molecule has 0 fully saturated rings. The van der Waals surface area contributed by atoms with Gasteiger partial charge in [0.1, 0.15) is 0 Å². The zero-order chi connectivity index (χ0) is 19.7. The van der Waals surface area contributed by atoms with Crippen LogP contribution in [0.15, 0.2) is 77.8 Å². The maximum Gasteiger partial charge on any atom is 0.269 e. The molecule has 0 N–H and O–H groups in total. The highest BCUT2D eigenvalue weighted by Crippen LogP contribution is 2.36. The summed E-state index contributed by atoms with van der Waals surface area (Å²) in [5.41, 5.74) is 4.81. The van der Waals surface area contributed by atoms with Gasteiger partial charge in [-0.05, 0) is 29.7 Å². The molecule has 0 radical (unpaired) electrons. The van der Waals surface area contributed by atoms with Gasteiger partial charge in [0.05, 0.1) is 22.2 Å². The molecule has 0 heterocycles. The van der Waals surface area contributed by atoms with Crippen LogP contribution in [0.4, 0.5) is 11.4 Å². The summed E-state index contributed by atoms with van der Waals surface area (Å²) in [4.78, 5) is 28.5. The number of carbonyl (C=O) groups is 1. The first-order chi connectivity index (χ1) is 13.6. The fourth-order valence-electron chi connectivity index (χ4n) is 3.56. The van der Waals surface area contributed by atoms with E-state index in [0.29, 0.717) is 16.8 Å². The van der Waals surface area contributed by atoms with Crippen molar-refractivity contribution in [1.82, 2.24) is 0 Å². The predicted molar refractivity (Wildman–Crippen MR) is 109 cm³/mol. The lowest BCUT2D eigenvalue weighted by molar-refractivity contribution is -0.384. The minimum absolute atomic E-state index is 0.000783. The molecule has 0 spiro atoms. The first kappa shape index (κ1) is 17.8. The molecule has 0 aromatic heterocycles. The second-order valence-electron chi connectivity index (χ2n) is 6.71. The molecule has 0 saturated carbocycles. The Kier molecular flexibility index (Phi) is 4.57. The van der Waals surface area contributed by atoms with E-state index in [4.69, 9.17) is 4.99 Å². The highest BCUT2D eigenvalue weighted by atomic mass is 16.6. The number of aryl methyl sites for hydroxylation is 1. The molecule has 5 heteroatoms. The molecule has 3 aromatic carbocycles. The number of nitro benzene ring substituents is 1. The molecular formula is C23H18N2O3. The minimum atomic E-state index is -0.566. The van der Waals surface area contributed by atoms with Crippen molar-refractivity contribution >= 4 is 22.9 Å². The highest BCUT2D eigenvalue weighted by Gasteiger charge is 2.37. The highest BCUT2D eigenvalue weighted by molar-refractivity contribution is 6.32. The van der Waals surface area contributed by atoms with Crippen molar-refractivity contribution < 1.29 is 9.72 Å². The minimum Gasteiger partial charge on any atom is -0.293 e. The van der Waals surface area contributed by atoms with Gasteiger partial charge in [-0.2, -0.15) is 0 Å². The fraction of sp³-hybridized carbons (Fsp3) is 0.130. The summed E-state index contributed by atoms with van der Waals surface area (Å²) in [6.07, 6.45) is 0.903. The number of non-ortho nitro benzene ring substituents is 1. The smallest absolute Gasteiger partial charge is 0.269 e. The summed E-state index contributed by atoms with van der Waals surface area (Å²) in [5, 5.41) is 11.0. The number of Topliss-reactive ketones (excluding diaryl/α,β-unsaturated/α-hetero) is 1. The molecular weight excluding hydrogens is 352 g/mol. The second kappa shape index (κ2) is 7.19. The van der Waals surface area contributed by atoms with Crippen LogP contribution in [0.1, 0.15) is 39.9 Å². The topological polar surface area (TPSA) is 72.6 Å². The van der Waals surface area contributed by atoms with Crippen molar-refractivity contribution in [2.45, 2.75) is 19.3 Å². The third kappa shape index (κ3) is 3.11. The predicted octanol–water partition coefficient (Wildman–Crippen LogP) is 5.26. The van der Waals surface area contributed by atoms with E-state index in [2.05, 4.69) is 6.92 Å². The van der Waals surface area contributed by atoms with Gasteiger partial charge in [0.15, 0.2) is 5.78 Å². The van der Waals surface area contributed by atoms with E-state index in [1.54, 1.807) is 18.2 Å². The monoisotopic (exact) mass is 370 g/mol. The van der Waals surface area contributed by atoms with Gasteiger partial charge in [-0.25, -0.2) is 0 Å². The third-order valence-corrected chi connectivity index (χ3v) is 5.01. The van der Waals surface area contributed by atoms with E-state index in [9.17, 15) is 14.9 Å². The zero-order valence-electron chi connectivity index (χ0n) is 15.3. The Balaban J connectivity index is 1.85. The van der Waals surface area contributed by atoms with Crippen molar-refractivity contribution in [3.8, 4) is 0 Å². The summed E-state index contributed by atoms with van der Waals surface area (Å²) >= 11 is 0. The fourth-order valence-corrected chi connectivity index (χ4v) is 3.56. The van der Waals surface area contributed by atoms with Crippen LogP contribution in [0, 0.1) is 10.1 Å². The van der Waals surface area contributed by atoms with E-state index >= 15 is 0 Å². The second-order valence-corrected chi connectivity index (χ2v) is 6.71. The Morgan fingerprint density at radius 2 is 1.68 bits per heavy atom. The molecule has 0 aliphatic heterocycles. The number of ketones is 1. The molecule has 5 nitrogen and oxygen atoms in total. The van der Waals surface area contributed by atoms with Crippen molar-refractivity contribution in [3.05, 3.63) is 105 Å². The normalized spacial score (nSPS) is 17.0. The maximum atomic E-state index is 13.1. The number of hydrogen-bond donors (Lipinski definition) is 0. The molecule has 138 valence electrons. The Labute approximate surface area is 162 Å². The number of aliphatic imine (C=N–C) groups is 1. The average molecular weight is 370 g/mol. The van der Waals surface area contributed by atoms with Gasteiger partial charge in [0, 0.05) is 23.3 Å². The van der Waals surface area contributed by atoms with Crippen LogP contribution in [-0.4, -0.2) is 16.4 Å². The SMILES string of the molecule is CCc1cccc(N=C2c3ccccc3C(=O)C2c2ccc([N+](=O)[O-])cc2)c1. The van der Waals surface area contributed by atoms with Crippen molar-refractivity contribution in [2.24, 2.45) is 4.99 Å². The van der Waals surface area contributed by atoms with Crippen LogP contribution in [0.25, 0.3) is 0 Å². The van der Waals surface area contributed by atoms with Gasteiger partial charge in [0.2, 0.25) is 0 Å². The molecule has 3 aromatic rings. The van der Waals surface area contributed by atoms with Crippen LogP contribution < -0.4 is 0 Å². The summed E-state index contributed by atoms with van der Waals surface area (Å²) in [7, 11) is 0. The van der Waals surface area contributed by atoms with Crippen LogP contribution in [0.3, 0.4) is 0 Å². The van der Waals surface area contributed by atoms with Gasteiger partial charge in [-0.1, -0.05) is 55.5 Å². The summed E-state index contributed by atoms with van der Waals surface area (Å²) < 4.78 is 0. The molecule has 0 saturated heterocycles. The first-order valence-corrected chi connectivity index (χ1v) is 9.14. The molecule has 0 bridgehead atoms. The van der Waals surface area contributed by atoms with Gasteiger partial charge in [0.25, 0.3) is 5.69 Å². The number of hydrogen-bond acceptors (Lipinski definition) is 4. The molecule has 4 rings (SSSR count). The maximum absolute atomic E-state index is 13.1. The molecule has 28 heavy (non-hydrogen) atoms. The number of rotatable bonds is 4. The Morgan fingerprint density at radius 3 is 2.36 bits per heavy atom. The van der Waals surface area contributed by atoms with Crippen molar-refractivity contribution in [3.63, 3.8) is 0 Å². The van der Waals surface area contributed by atoms with Crippen LogP contribution >= 0.6 is 0 Å². The lowest BCUT2D eigenvalue weighted by Gasteiger charge is -2.11. The quantitative estimate of drug-likeness (QED) is 0.464. The Bertz CT molecular complexity index is 1100. The summed E-state index contributed by atoms with van der Waals surface area (Å²) in [6.45, 7) is 2.08. The van der Waals surface area contributed by atoms with Gasteiger partial charge < -0.3 is 0 Å². The van der Waals surface area contributed by atoms with Gasteiger partial charge in [-0.15, -0.1) is 0 Å². The number of benzene rings is 3. The zero-order valence-corrected chi connectivity index (χ0v) is 15.3. The van der Waals surface area contributed by atoms with Crippen molar-refractivity contribution in [1.29, 1.82) is 0 Å². The first-order valence-electron chi connectivity index (χ1n) is 9.14. The van der Waals surface area contributed by atoms with Gasteiger partial charge >= 0.3 is 0 Å². The number of nitrogens with zero attached hydrogens (tertiary/aromatic N) is 2. The standard InChI is InChI=1S/C23H18N2O3/c1-2-15-6-5-7-17(14-15)24-22-19-8-3-4-9-20(19)23(26)21(22)16-10-12-18(13-11-16)25(27)28/h3-14,21H,2H2,1H3. The third-order valence-electron chi connectivity index (χ3n) is 5.01. The molecule has 1 aliphatic carbocycles. The largest absolute Gasteiger partial charge is 0.293 e. The average Bonchev–Trinajstić information content (AvgIpc) is 3.00. The van der Waals surface area contributed by atoms with E-state index in [1.165, 1.54) is 17.7 Å². The number of nitro groups is 1. The molecule has 1 aliphatic rings. The van der Waals surface area contributed by atoms with E-state index in [0.717, 1.165) is 17.7 Å². The van der Waals surface area contributed by atoms with Gasteiger partial charge in [-0.3, -0.25) is 19.9 Å². The number of fused-ring (bicyclic) bond motifs is 1. The molecule has 1 atom stereocenters. The Morgan fingerprint density at radius 1 is 0.964 bits per heavy atom. The summed E-state index contributed by atoms with van der Waals surface area (Å²) in [5.74, 6) is -0.599. The van der Waals surface area contributed by atoms with Crippen LogP contribution in [-0.2, 0) is 6.42 Å². The molecule has 1 unspecified atom stereocenters. The molecule has 0 amide bonds. The lowest BCUT2D eigenvalue weighted by Crippen LogP contribution is -2.13. The number of carbonyl (C=O) groups excluding carboxylic acids is 1. The van der Waals surface area contributed by atoms with E-state index < -0.39 is 10.8 Å². The summed E-state index contributed by atoms with van der Waals surface area (Å²) in [6, 6.07) is 21.5. The lowest BCUT2D eigenvalue weighted by atomic mass is 9.93. The van der Waals surface area contributed by atoms with Crippen LogP contribution in [0.2, 0.25) is 0 Å². The van der Waals surface area contributed by atoms with Crippen LogP contribution in [0.5, 0.6) is 0 Å². The van der Waals surface area contributed by atoms with Crippen molar-refractivity contribution in [2.75, 3.05) is 0 Å².